The highest BCUT2D eigenvalue weighted by Crippen LogP contribution is 2.41. The molecule has 6 heteroatoms. The molecule has 146 valence electrons. The normalized spacial score (nSPS) is 15.9. The van der Waals surface area contributed by atoms with Crippen LogP contribution in [0, 0.1) is 0 Å². The first kappa shape index (κ1) is 19.1. The first-order valence-electron chi connectivity index (χ1n) is 9.27. The topological polar surface area (TPSA) is 58.6 Å². The Kier molecular flexibility index (Phi) is 5.81. The van der Waals surface area contributed by atoms with Crippen LogP contribution in [0.25, 0.3) is 0 Å². The van der Waals surface area contributed by atoms with Crippen molar-refractivity contribution < 1.29 is 14.3 Å². The van der Waals surface area contributed by atoms with E-state index in [9.17, 15) is 9.59 Å². The number of amides is 2. The van der Waals surface area contributed by atoms with Gasteiger partial charge in [0.1, 0.15) is 11.1 Å². The Hall–Kier alpha value is -3.25. The molecule has 2 amide bonds. The Labute approximate surface area is 173 Å². The molecule has 1 fully saturated rings. The minimum Gasteiger partial charge on any atom is -0.484 e. The summed E-state index contributed by atoms with van der Waals surface area (Å²) in [6.45, 7) is -0.0840. The average Bonchev–Trinajstić information content (AvgIpc) is 3.15. The van der Waals surface area contributed by atoms with Gasteiger partial charge in [-0.1, -0.05) is 48.5 Å². The Morgan fingerprint density at radius 3 is 2.31 bits per heavy atom. The van der Waals surface area contributed by atoms with E-state index in [1.807, 2.05) is 77.7 Å². The fourth-order valence-electron chi connectivity index (χ4n) is 3.14. The molecule has 3 aromatic rings. The molecule has 29 heavy (non-hydrogen) atoms. The van der Waals surface area contributed by atoms with Crippen LogP contribution < -0.4 is 15.0 Å². The van der Waals surface area contributed by atoms with Crippen LogP contribution in [0.2, 0.25) is 0 Å². The number of benzene rings is 3. The van der Waals surface area contributed by atoms with E-state index in [2.05, 4.69) is 5.32 Å². The van der Waals surface area contributed by atoms with E-state index < -0.39 is 0 Å². The summed E-state index contributed by atoms with van der Waals surface area (Å²) in [5.41, 5.74) is 2.64. The van der Waals surface area contributed by atoms with E-state index in [-0.39, 0.29) is 23.8 Å². The molecule has 5 nitrogen and oxygen atoms in total. The molecule has 1 aliphatic rings. The number of carbonyl (C=O) groups is 2. The second-order valence-corrected chi connectivity index (χ2v) is 7.60. The van der Waals surface area contributed by atoms with Crippen molar-refractivity contribution in [3.05, 3.63) is 90.5 Å². The highest BCUT2D eigenvalue weighted by Gasteiger charge is 2.33. The summed E-state index contributed by atoms with van der Waals surface area (Å²) in [5, 5.41) is 2.74. The molecule has 1 unspecified atom stereocenters. The van der Waals surface area contributed by atoms with Crippen LogP contribution in [-0.2, 0) is 9.59 Å². The molecule has 0 saturated carbocycles. The van der Waals surface area contributed by atoms with Gasteiger partial charge in [-0.15, -0.1) is 11.8 Å². The van der Waals surface area contributed by atoms with Gasteiger partial charge in [-0.2, -0.15) is 0 Å². The van der Waals surface area contributed by atoms with Crippen LogP contribution in [0.5, 0.6) is 5.75 Å². The Morgan fingerprint density at radius 1 is 0.966 bits per heavy atom. The van der Waals surface area contributed by atoms with E-state index in [1.165, 1.54) is 0 Å². The first-order chi connectivity index (χ1) is 14.2. The van der Waals surface area contributed by atoms with Gasteiger partial charge in [0, 0.05) is 11.4 Å². The molecule has 4 rings (SSSR count). The summed E-state index contributed by atoms with van der Waals surface area (Å²) in [6, 6.07) is 26.5. The molecule has 0 radical (unpaired) electrons. The third-order valence-electron chi connectivity index (χ3n) is 4.49. The summed E-state index contributed by atoms with van der Waals surface area (Å²) in [5.74, 6) is 0.889. The maximum absolute atomic E-state index is 12.5. The number of ether oxygens (including phenoxy) is 1. The molecule has 0 spiro atoms. The Morgan fingerprint density at radius 2 is 1.62 bits per heavy atom. The van der Waals surface area contributed by atoms with Gasteiger partial charge in [0.2, 0.25) is 5.91 Å². The Balaban J connectivity index is 1.39. The number of rotatable bonds is 6. The molecular formula is C23H20N2O3S. The van der Waals surface area contributed by atoms with Crippen LogP contribution in [0.1, 0.15) is 10.9 Å². The number of hydrogen-bond donors (Lipinski definition) is 1. The molecule has 1 atom stereocenters. The van der Waals surface area contributed by atoms with Crippen LogP contribution in [0.3, 0.4) is 0 Å². The molecule has 0 aromatic heterocycles. The fourth-order valence-corrected chi connectivity index (χ4v) is 4.32. The highest BCUT2D eigenvalue weighted by atomic mass is 32.2. The van der Waals surface area contributed by atoms with Crippen molar-refractivity contribution >= 4 is 35.0 Å². The van der Waals surface area contributed by atoms with E-state index >= 15 is 0 Å². The number of hydrogen-bond acceptors (Lipinski definition) is 4. The number of para-hydroxylation sites is 1. The lowest BCUT2D eigenvalue weighted by atomic mass is 10.2. The minimum atomic E-state index is -0.226. The lowest BCUT2D eigenvalue weighted by Crippen LogP contribution is -2.27. The summed E-state index contributed by atoms with van der Waals surface area (Å²) >= 11 is 1.62. The van der Waals surface area contributed by atoms with Gasteiger partial charge in [-0.05, 0) is 42.0 Å². The van der Waals surface area contributed by atoms with Crippen molar-refractivity contribution in [2.45, 2.75) is 5.37 Å². The molecule has 0 bridgehead atoms. The summed E-state index contributed by atoms with van der Waals surface area (Å²) < 4.78 is 5.58. The van der Waals surface area contributed by atoms with Gasteiger partial charge in [0.15, 0.2) is 6.61 Å². The third-order valence-corrected chi connectivity index (χ3v) is 5.71. The average molecular weight is 404 g/mol. The standard InChI is InChI=1S/C23H20N2O3S/c26-21(24-18-9-5-2-6-10-18)15-28-20-13-11-19(12-14-20)25-22(27)16-29-23(25)17-7-3-1-4-8-17/h1-14,23H,15-16H2,(H,24,26). The van der Waals surface area contributed by atoms with Crippen molar-refractivity contribution in [1.29, 1.82) is 0 Å². The van der Waals surface area contributed by atoms with Crippen LogP contribution in [0.15, 0.2) is 84.9 Å². The quantitative estimate of drug-likeness (QED) is 0.658. The van der Waals surface area contributed by atoms with Gasteiger partial charge in [0.25, 0.3) is 5.91 Å². The van der Waals surface area contributed by atoms with Crippen LogP contribution in [0.4, 0.5) is 11.4 Å². The smallest absolute Gasteiger partial charge is 0.262 e. The lowest BCUT2D eigenvalue weighted by molar-refractivity contribution is -0.118. The van der Waals surface area contributed by atoms with Crippen molar-refractivity contribution in [2.24, 2.45) is 0 Å². The molecule has 1 N–H and O–H groups in total. The lowest BCUT2D eigenvalue weighted by Gasteiger charge is -2.24. The van der Waals surface area contributed by atoms with Gasteiger partial charge < -0.3 is 10.1 Å². The van der Waals surface area contributed by atoms with Crippen molar-refractivity contribution in [3.63, 3.8) is 0 Å². The van der Waals surface area contributed by atoms with Crippen LogP contribution in [-0.4, -0.2) is 24.2 Å². The largest absolute Gasteiger partial charge is 0.484 e. The zero-order valence-corrected chi connectivity index (χ0v) is 16.5. The van der Waals surface area contributed by atoms with Gasteiger partial charge in [-0.3, -0.25) is 14.5 Å². The number of anilines is 2. The van der Waals surface area contributed by atoms with Crippen LogP contribution >= 0.6 is 11.8 Å². The molecule has 3 aromatic carbocycles. The summed E-state index contributed by atoms with van der Waals surface area (Å²) in [6.07, 6.45) is 0. The molecule has 1 heterocycles. The predicted octanol–water partition coefficient (Wildman–Crippen LogP) is 4.48. The number of nitrogens with one attached hydrogen (secondary N) is 1. The van der Waals surface area contributed by atoms with Gasteiger partial charge in [-0.25, -0.2) is 0 Å². The number of carbonyl (C=O) groups excluding carboxylic acids is 2. The van der Waals surface area contributed by atoms with E-state index in [4.69, 9.17) is 4.74 Å². The molecule has 1 saturated heterocycles. The monoisotopic (exact) mass is 404 g/mol. The zero-order valence-electron chi connectivity index (χ0n) is 15.7. The highest BCUT2D eigenvalue weighted by molar-refractivity contribution is 8.00. The number of thioether (sulfide) groups is 1. The SMILES string of the molecule is O=C(COc1ccc(N2C(=O)CSC2c2ccccc2)cc1)Nc1ccccc1. The summed E-state index contributed by atoms with van der Waals surface area (Å²) in [7, 11) is 0. The number of nitrogens with zero attached hydrogens (tertiary/aromatic N) is 1. The fraction of sp³-hybridized carbons (Fsp3) is 0.130. The third kappa shape index (κ3) is 4.60. The van der Waals surface area contributed by atoms with Gasteiger partial charge >= 0.3 is 0 Å². The molecular weight excluding hydrogens is 384 g/mol. The van der Waals surface area contributed by atoms with E-state index in [0.717, 1.165) is 16.9 Å². The maximum Gasteiger partial charge on any atom is 0.262 e. The van der Waals surface area contributed by atoms with E-state index in [0.29, 0.717) is 11.5 Å². The van der Waals surface area contributed by atoms with Crippen molar-refractivity contribution in [3.8, 4) is 5.75 Å². The second kappa shape index (κ2) is 8.84. The van der Waals surface area contributed by atoms with Crippen molar-refractivity contribution in [1.82, 2.24) is 0 Å². The second-order valence-electron chi connectivity index (χ2n) is 6.53. The minimum absolute atomic E-state index is 0.0351. The van der Waals surface area contributed by atoms with Crippen molar-refractivity contribution in [2.75, 3.05) is 22.6 Å². The van der Waals surface area contributed by atoms with E-state index in [1.54, 1.807) is 23.9 Å². The maximum atomic E-state index is 12.5. The zero-order chi connectivity index (χ0) is 20.1. The first-order valence-corrected chi connectivity index (χ1v) is 10.3. The Bertz CT molecular complexity index is 978. The molecule has 0 aliphatic carbocycles. The summed E-state index contributed by atoms with van der Waals surface area (Å²) in [4.78, 5) is 26.3. The predicted molar refractivity (Wildman–Crippen MR) is 116 cm³/mol. The molecule has 1 aliphatic heterocycles. The van der Waals surface area contributed by atoms with Gasteiger partial charge in [0.05, 0.1) is 5.75 Å².